The van der Waals surface area contributed by atoms with Gasteiger partial charge < -0.3 is 9.22 Å². The zero-order chi connectivity index (χ0) is 25.1. The van der Waals surface area contributed by atoms with Gasteiger partial charge >= 0.3 is 5.97 Å². The summed E-state index contributed by atoms with van der Waals surface area (Å²) in [7, 11) is 2.61. The monoisotopic (exact) mass is 499 g/mol. The Morgan fingerprint density at radius 3 is 2.28 bits per heavy atom. The molecule has 0 spiro atoms. The van der Waals surface area contributed by atoms with Crippen molar-refractivity contribution in [2.24, 2.45) is 34.5 Å². The molecule has 4 aliphatic carbocycles. The van der Waals surface area contributed by atoms with E-state index in [9.17, 15) is 4.79 Å². The number of likely N-dealkylation sites (tertiary alicyclic amines) is 2. The first-order valence-electron chi connectivity index (χ1n) is 16.0. The van der Waals surface area contributed by atoms with E-state index in [0.717, 1.165) is 29.7 Å². The molecule has 4 heteroatoms. The molecule has 1 unspecified atom stereocenters. The maximum Gasteiger partial charge on any atom is 0.302 e. The molecule has 4 saturated carbocycles. The average Bonchev–Trinajstić information content (AvgIpc) is 3.16. The lowest BCUT2D eigenvalue weighted by atomic mass is 9.44. The Morgan fingerprint density at radius 2 is 1.56 bits per heavy atom. The molecule has 0 N–H and O–H groups in total. The zero-order valence-corrected chi connectivity index (χ0v) is 24.0. The van der Waals surface area contributed by atoms with E-state index in [0.29, 0.717) is 11.5 Å². The summed E-state index contributed by atoms with van der Waals surface area (Å²) >= 11 is 0. The van der Waals surface area contributed by atoms with Crippen LogP contribution in [0.15, 0.2) is 0 Å². The Balaban J connectivity index is 1.26. The number of carbonyl (C=O) groups excluding carboxylic acids is 1. The number of esters is 1. The molecule has 0 aromatic rings. The van der Waals surface area contributed by atoms with Gasteiger partial charge in [-0.05, 0) is 119 Å². The van der Waals surface area contributed by atoms with E-state index in [-0.39, 0.29) is 17.5 Å². The van der Waals surface area contributed by atoms with Crippen LogP contribution in [-0.2, 0) is 9.53 Å². The minimum Gasteiger partial charge on any atom is -0.460 e. The number of nitrogens with zero attached hydrogens (tertiary/aromatic N) is 2. The normalized spacial score (nSPS) is 48.9. The summed E-state index contributed by atoms with van der Waals surface area (Å²) in [6, 6.07) is 1.34. The summed E-state index contributed by atoms with van der Waals surface area (Å²) in [5.41, 5.74) is 0.684. The van der Waals surface area contributed by atoms with Crippen LogP contribution in [0.5, 0.6) is 0 Å². The van der Waals surface area contributed by atoms with Crippen LogP contribution >= 0.6 is 0 Å². The molecular weight excluding hydrogens is 444 g/mol. The van der Waals surface area contributed by atoms with Gasteiger partial charge in [0.25, 0.3) is 0 Å². The first-order chi connectivity index (χ1) is 17.2. The first kappa shape index (κ1) is 25.7. The highest BCUT2D eigenvalue weighted by Crippen LogP contribution is 2.67. The second-order valence-corrected chi connectivity index (χ2v) is 15.1. The SMILES string of the molecule is CC(=O)O[C@H]1[C@@H](N2CCCCC2)C[C@H]2[C@@H]3CCC4CC[C@@H]([N+]5(C)CCCCC5)C[C@]4(C)[C@H]3CC[C@@]21C. The molecule has 6 aliphatic rings. The molecule has 6 rings (SSSR count). The van der Waals surface area contributed by atoms with E-state index in [4.69, 9.17) is 4.74 Å². The third-order valence-electron chi connectivity index (χ3n) is 13.4. The van der Waals surface area contributed by atoms with Gasteiger partial charge in [-0.1, -0.05) is 20.3 Å². The molecule has 36 heavy (non-hydrogen) atoms. The smallest absolute Gasteiger partial charge is 0.302 e. The summed E-state index contributed by atoms with van der Waals surface area (Å²) in [4.78, 5) is 15.1. The largest absolute Gasteiger partial charge is 0.460 e. The minimum atomic E-state index is -0.0599. The maximum atomic E-state index is 12.3. The topological polar surface area (TPSA) is 29.5 Å². The molecule has 2 aliphatic heterocycles. The van der Waals surface area contributed by atoms with E-state index >= 15 is 0 Å². The maximum absolute atomic E-state index is 12.3. The molecule has 204 valence electrons. The summed E-state index contributed by atoms with van der Waals surface area (Å²) in [5.74, 6) is 3.33. The lowest BCUT2D eigenvalue weighted by Gasteiger charge is -2.62. The molecule has 2 heterocycles. The van der Waals surface area contributed by atoms with Gasteiger partial charge in [0.2, 0.25) is 0 Å². The first-order valence-corrected chi connectivity index (χ1v) is 16.0. The number of hydrogen-bond acceptors (Lipinski definition) is 3. The van der Waals surface area contributed by atoms with Crippen molar-refractivity contribution in [3.05, 3.63) is 0 Å². The second kappa shape index (κ2) is 9.54. The van der Waals surface area contributed by atoms with E-state index in [1.54, 1.807) is 6.92 Å². The van der Waals surface area contributed by atoms with E-state index in [1.165, 1.54) is 121 Å². The zero-order valence-electron chi connectivity index (χ0n) is 24.0. The molecule has 4 nitrogen and oxygen atoms in total. The highest BCUT2D eigenvalue weighted by molar-refractivity contribution is 5.66. The summed E-state index contributed by atoms with van der Waals surface area (Å²) in [6.45, 7) is 12.2. The number of piperidine rings is 2. The van der Waals surface area contributed by atoms with Crippen molar-refractivity contribution in [2.75, 3.05) is 33.2 Å². The summed E-state index contributed by atoms with van der Waals surface area (Å²) in [6.07, 6.45) is 19.6. The Morgan fingerprint density at radius 1 is 0.861 bits per heavy atom. The van der Waals surface area contributed by atoms with Crippen LogP contribution in [0.2, 0.25) is 0 Å². The molecule has 0 amide bonds. The van der Waals surface area contributed by atoms with Gasteiger partial charge in [-0.3, -0.25) is 9.69 Å². The van der Waals surface area contributed by atoms with Gasteiger partial charge in [-0.25, -0.2) is 0 Å². The standard InChI is InChI=1S/C32H55N2O2/c1-23(35)36-30-29(33-17-7-5-8-18-33)21-28-26-14-12-24-11-13-25(34(4)19-9-6-10-20-34)22-32(24,3)27(26)15-16-31(28,30)2/h24-30H,5-22H2,1-4H3/q+1/t24?,25-,26-,27+,28+,29+,30+,31+,32+/m1/s1. The van der Waals surface area contributed by atoms with Crippen molar-refractivity contribution >= 4 is 5.97 Å². The van der Waals surface area contributed by atoms with E-state index < -0.39 is 0 Å². The van der Waals surface area contributed by atoms with Gasteiger partial charge in [0.15, 0.2) is 0 Å². The van der Waals surface area contributed by atoms with Crippen LogP contribution in [0.4, 0.5) is 0 Å². The number of quaternary nitrogens is 1. The Bertz CT molecular complexity index is 817. The summed E-state index contributed by atoms with van der Waals surface area (Å²) in [5, 5.41) is 0. The van der Waals surface area contributed by atoms with Gasteiger partial charge in [-0.2, -0.15) is 0 Å². The van der Waals surface area contributed by atoms with Crippen LogP contribution in [0.3, 0.4) is 0 Å². The third-order valence-corrected chi connectivity index (χ3v) is 13.4. The number of hydrogen-bond donors (Lipinski definition) is 0. The van der Waals surface area contributed by atoms with Crippen LogP contribution in [-0.4, -0.2) is 66.8 Å². The Hall–Kier alpha value is -0.610. The Labute approximate surface area is 221 Å². The fourth-order valence-electron chi connectivity index (χ4n) is 11.4. The van der Waals surface area contributed by atoms with Crippen molar-refractivity contribution in [3.8, 4) is 0 Å². The molecule has 9 atom stereocenters. The predicted molar refractivity (Wildman–Crippen MR) is 145 cm³/mol. The highest BCUT2D eigenvalue weighted by Gasteiger charge is 2.64. The third kappa shape index (κ3) is 4.10. The second-order valence-electron chi connectivity index (χ2n) is 15.1. The fraction of sp³-hybridized carbons (Fsp3) is 0.969. The molecule has 6 fully saturated rings. The average molecular weight is 500 g/mol. The lowest BCUT2D eigenvalue weighted by molar-refractivity contribution is -0.940. The van der Waals surface area contributed by atoms with Gasteiger partial charge in [0, 0.05) is 24.8 Å². The van der Waals surface area contributed by atoms with Crippen molar-refractivity contribution in [3.63, 3.8) is 0 Å². The van der Waals surface area contributed by atoms with Crippen LogP contribution in [0, 0.1) is 34.5 Å². The molecular formula is C32H55N2O2+. The number of ether oxygens (including phenoxy) is 1. The van der Waals surface area contributed by atoms with Crippen molar-refractivity contribution < 1.29 is 14.0 Å². The Kier molecular flexibility index (Phi) is 6.80. The van der Waals surface area contributed by atoms with Crippen molar-refractivity contribution in [1.29, 1.82) is 0 Å². The lowest BCUT2D eigenvalue weighted by Crippen LogP contribution is -2.61. The molecule has 0 bridgehead atoms. The molecule has 0 radical (unpaired) electrons. The van der Waals surface area contributed by atoms with Crippen LogP contribution in [0.25, 0.3) is 0 Å². The van der Waals surface area contributed by atoms with Gasteiger partial charge in [0.05, 0.1) is 26.2 Å². The van der Waals surface area contributed by atoms with Crippen LogP contribution in [0.1, 0.15) is 111 Å². The molecule has 0 aromatic carbocycles. The van der Waals surface area contributed by atoms with Gasteiger partial charge in [-0.15, -0.1) is 0 Å². The predicted octanol–water partition coefficient (Wildman–Crippen LogP) is 6.42. The van der Waals surface area contributed by atoms with Crippen molar-refractivity contribution in [2.45, 2.75) is 129 Å². The highest BCUT2D eigenvalue weighted by atomic mass is 16.5. The van der Waals surface area contributed by atoms with Crippen molar-refractivity contribution in [1.82, 2.24) is 4.90 Å². The molecule has 2 saturated heterocycles. The van der Waals surface area contributed by atoms with E-state index in [2.05, 4.69) is 25.8 Å². The van der Waals surface area contributed by atoms with E-state index in [1.807, 2.05) is 0 Å². The molecule has 0 aromatic heterocycles. The number of rotatable bonds is 3. The summed E-state index contributed by atoms with van der Waals surface area (Å²) < 4.78 is 7.66. The minimum absolute atomic E-state index is 0.0599. The number of fused-ring (bicyclic) bond motifs is 5. The number of carbonyl (C=O) groups is 1. The van der Waals surface area contributed by atoms with Crippen LogP contribution < -0.4 is 0 Å². The van der Waals surface area contributed by atoms with Gasteiger partial charge in [0.1, 0.15) is 6.10 Å². The fourth-order valence-corrected chi connectivity index (χ4v) is 11.4. The quantitative estimate of drug-likeness (QED) is 0.331.